The Hall–Kier alpha value is -2.57. The molecule has 1 N–H and O–H groups in total. The molecule has 0 radical (unpaired) electrons. The highest BCUT2D eigenvalue weighted by Gasteiger charge is 2.32. The van der Waals surface area contributed by atoms with Crippen molar-refractivity contribution in [2.45, 2.75) is 12.8 Å². The topological polar surface area (TPSA) is 72.3 Å². The molecule has 1 heterocycles. The number of hydrogen-bond donors (Lipinski definition) is 1. The van der Waals surface area contributed by atoms with Crippen LogP contribution in [0.2, 0.25) is 0 Å². The first-order valence-electron chi connectivity index (χ1n) is 5.59. The van der Waals surface area contributed by atoms with Crippen molar-refractivity contribution in [3.05, 3.63) is 47.9 Å². The first kappa shape index (κ1) is 13.9. The van der Waals surface area contributed by atoms with E-state index in [2.05, 4.69) is 9.97 Å². The number of nitrogens with zero attached hydrogens (tertiary/aromatic N) is 2. The van der Waals surface area contributed by atoms with Gasteiger partial charge in [0.25, 0.3) is 5.92 Å². The lowest BCUT2D eigenvalue weighted by molar-refractivity contribution is 0.00982. The van der Waals surface area contributed by atoms with Gasteiger partial charge in [-0.3, -0.25) is 0 Å². The summed E-state index contributed by atoms with van der Waals surface area (Å²) in [4.78, 5) is 17.8. The summed E-state index contributed by atoms with van der Waals surface area (Å²) in [7, 11) is 0. The molecule has 2 rings (SSSR count). The average Bonchev–Trinajstić information content (AvgIpc) is 2.38. The number of aromatic carboxylic acids is 1. The lowest BCUT2D eigenvalue weighted by atomic mass is 10.2. The minimum absolute atomic E-state index is 0.259. The number of aromatic nitrogens is 2. The summed E-state index contributed by atoms with van der Waals surface area (Å²) in [5, 5.41) is 8.82. The van der Waals surface area contributed by atoms with Crippen LogP contribution in [0.5, 0.6) is 11.6 Å². The molecule has 1 aromatic heterocycles. The lowest BCUT2D eigenvalue weighted by Gasteiger charge is -2.14. The zero-order valence-electron chi connectivity index (χ0n) is 10.4. The third-order valence-electron chi connectivity index (χ3n) is 2.33. The van der Waals surface area contributed by atoms with E-state index in [0.29, 0.717) is 6.92 Å². The SMILES string of the molecule is CC(F)(F)c1ncc(C(=O)O)nc1Oc1ccccc1. The molecular formula is C13H10F2N2O3. The van der Waals surface area contributed by atoms with Crippen LogP contribution in [0.4, 0.5) is 8.78 Å². The van der Waals surface area contributed by atoms with Crippen molar-refractivity contribution < 1.29 is 23.4 Å². The van der Waals surface area contributed by atoms with Crippen LogP contribution in [0.25, 0.3) is 0 Å². The molecule has 1 aromatic carbocycles. The molecule has 0 aliphatic carbocycles. The van der Waals surface area contributed by atoms with Crippen LogP contribution in [0.15, 0.2) is 36.5 Å². The summed E-state index contributed by atoms with van der Waals surface area (Å²) in [6.45, 7) is 0.634. The maximum absolute atomic E-state index is 13.4. The number of halogens is 2. The van der Waals surface area contributed by atoms with Gasteiger partial charge in [-0.15, -0.1) is 0 Å². The number of carbonyl (C=O) groups is 1. The second kappa shape index (κ2) is 5.20. The van der Waals surface area contributed by atoms with Gasteiger partial charge in [-0.25, -0.2) is 14.8 Å². The lowest BCUT2D eigenvalue weighted by Crippen LogP contribution is -2.15. The van der Waals surface area contributed by atoms with Crippen LogP contribution in [-0.2, 0) is 5.92 Å². The molecule has 7 heteroatoms. The maximum atomic E-state index is 13.4. The molecule has 0 saturated heterocycles. The van der Waals surface area contributed by atoms with Crippen LogP contribution in [0.3, 0.4) is 0 Å². The van der Waals surface area contributed by atoms with Gasteiger partial charge in [0.05, 0.1) is 6.20 Å². The molecule has 0 amide bonds. The van der Waals surface area contributed by atoms with Gasteiger partial charge >= 0.3 is 5.97 Å². The van der Waals surface area contributed by atoms with Crippen LogP contribution < -0.4 is 4.74 Å². The molecule has 0 fully saturated rings. The van der Waals surface area contributed by atoms with Crippen LogP contribution in [-0.4, -0.2) is 21.0 Å². The van der Waals surface area contributed by atoms with E-state index in [1.165, 1.54) is 12.1 Å². The molecule has 104 valence electrons. The van der Waals surface area contributed by atoms with Gasteiger partial charge in [-0.2, -0.15) is 8.78 Å². The monoisotopic (exact) mass is 280 g/mol. The largest absolute Gasteiger partial charge is 0.476 e. The molecule has 5 nitrogen and oxygen atoms in total. The third kappa shape index (κ3) is 3.05. The van der Waals surface area contributed by atoms with E-state index in [1.54, 1.807) is 18.2 Å². The fourth-order valence-electron chi connectivity index (χ4n) is 1.45. The van der Waals surface area contributed by atoms with Crippen LogP contribution >= 0.6 is 0 Å². The van der Waals surface area contributed by atoms with E-state index in [4.69, 9.17) is 9.84 Å². The van der Waals surface area contributed by atoms with E-state index < -0.39 is 29.2 Å². The Kier molecular flexibility index (Phi) is 3.60. The van der Waals surface area contributed by atoms with Crippen LogP contribution in [0.1, 0.15) is 23.1 Å². The van der Waals surface area contributed by atoms with Gasteiger partial charge in [-0.05, 0) is 12.1 Å². The molecule has 0 saturated carbocycles. The molecule has 0 aliphatic rings. The fourth-order valence-corrected chi connectivity index (χ4v) is 1.45. The highest BCUT2D eigenvalue weighted by molar-refractivity contribution is 5.85. The van der Waals surface area contributed by atoms with Crippen molar-refractivity contribution in [2.24, 2.45) is 0 Å². The minimum atomic E-state index is -3.30. The van der Waals surface area contributed by atoms with E-state index in [9.17, 15) is 13.6 Å². The molecule has 0 aliphatic heterocycles. The van der Waals surface area contributed by atoms with Crippen molar-refractivity contribution >= 4 is 5.97 Å². The number of carboxylic acid groups (broad SMARTS) is 1. The number of benzene rings is 1. The number of para-hydroxylation sites is 1. The van der Waals surface area contributed by atoms with Gasteiger partial charge in [-0.1, -0.05) is 18.2 Å². The Bertz CT molecular complexity index is 627. The molecule has 0 spiro atoms. The smallest absolute Gasteiger partial charge is 0.356 e. The van der Waals surface area contributed by atoms with Gasteiger partial charge in [0, 0.05) is 6.92 Å². The molecule has 2 aromatic rings. The Morgan fingerprint density at radius 2 is 1.95 bits per heavy atom. The predicted octanol–water partition coefficient (Wildman–Crippen LogP) is 3.08. The molecule has 0 bridgehead atoms. The van der Waals surface area contributed by atoms with E-state index in [-0.39, 0.29) is 5.75 Å². The van der Waals surface area contributed by atoms with Crippen molar-refractivity contribution in [1.82, 2.24) is 9.97 Å². The number of carboxylic acids is 1. The second-order valence-electron chi connectivity index (χ2n) is 4.02. The van der Waals surface area contributed by atoms with E-state index in [0.717, 1.165) is 6.20 Å². The summed E-state index contributed by atoms with van der Waals surface area (Å²) < 4.78 is 32.1. The number of rotatable bonds is 4. The Labute approximate surface area is 112 Å². The minimum Gasteiger partial charge on any atom is -0.476 e. The standard InChI is InChI=1S/C13H10F2N2O3/c1-13(14,15)10-11(17-9(7-16-10)12(18)19)20-8-5-3-2-4-6-8/h2-7H,1H3,(H,18,19). The normalized spacial score (nSPS) is 11.2. The first-order chi connectivity index (χ1) is 9.38. The van der Waals surface area contributed by atoms with E-state index >= 15 is 0 Å². The Balaban J connectivity index is 2.47. The first-order valence-corrected chi connectivity index (χ1v) is 5.59. The molecule has 0 atom stereocenters. The molecule has 0 unspecified atom stereocenters. The van der Waals surface area contributed by atoms with Gasteiger partial charge in [0.1, 0.15) is 5.75 Å². The Morgan fingerprint density at radius 3 is 2.50 bits per heavy atom. The van der Waals surface area contributed by atoms with Crippen molar-refractivity contribution in [3.63, 3.8) is 0 Å². The van der Waals surface area contributed by atoms with Crippen LogP contribution in [0, 0.1) is 0 Å². The fraction of sp³-hybridized carbons (Fsp3) is 0.154. The van der Waals surface area contributed by atoms with Crippen molar-refractivity contribution in [1.29, 1.82) is 0 Å². The molecular weight excluding hydrogens is 270 g/mol. The summed E-state index contributed by atoms with van der Waals surface area (Å²) in [6.07, 6.45) is 0.771. The van der Waals surface area contributed by atoms with Gasteiger partial charge in [0.15, 0.2) is 11.4 Å². The maximum Gasteiger partial charge on any atom is 0.356 e. The van der Waals surface area contributed by atoms with E-state index in [1.807, 2.05) is 0 Å². The number of hydrogen-bond acceptors (Lipinski definition) is 4. The predicted molar refractivity (Wildman–Crippen MR) is 65.1 cm³/mol. The summed E-state index contributed by atoms with van der Waals surface area (Å²) in [5.41, 5.74) is -1.18. The number of ether oxygens (including phenoxy) is 1. The quantitative estimate of drug-likeness (QED) is 0.931. The second-order valence-corrected chi connectivity index (χ2v) is 4.02. The zero-order valence-corrected chi connectivity index (χ0v) is 10.4. The van der Waals surface area contributed by atoms with Gasteiger partial charge in [0.2, 0.25) is 5.88 Å². The highest BCUT2D eigenvalue weighted by Crippen LogP contribution is 2.33. The van der Waals surface area contributed by atoms with Crippen molar-refractivity contribution in [2.75, 3.05) is 0 Å². The number of alkyl halides is 2. The summed E-state index contributed by atoms with van der Waals surface area (Å²) in [5.74, 6) is -4.94. The third-order valence-corrected chi connectivity index (χ3v) is 2.33. The highest BCUT2D eigenvalue weighted by atomic mass is 19.3. The van der Waals surface area contributed by atoms with Crippen molar-refractivity contribution in [3.8, 4) is 11.6 Å². The Morgan fingerprint density at radius 1 is 1.30 bits per heavy atom. The zero-order chi connectivity index (χ0) is 14.8. The molecule has 20 heavy (non-hydrogen) atoms. The summed E-state index contributed by atoms with van der Waals surface area (Å²) in [6, 6.07) is 8.09. The summed E-state index contributed by atoms with van der Waals surface area (Å²) >= 11 is 0. The van der Waals surface area contributed by atoms with Gasteiger partial charge < -0.3 is 9.84 Å². The average molecular weight is 280 g/mol.